The molecule has 0 aliphatic carbocycles. The summed E-state index contributed by atoms with van der Waals surface area (Å²) in [4.78, 5) is 1.26. The lowest BCUT2D eigenvalue weighted by Gasteiger charge is -2.17. The van der Waals surface area contributed by atoms with Crippen molar-refractivity contribution in [3.05, 3.63) is 29.8 Å². The molecule has 0 aromatic heterocycles. The molecule has 0 aliphatic heterocycles. The Morgan fingerprint density at radius 3 is 2.33 bits per heavy atom. The zero-order valence-electron chi connectivity index (χ0n) is 9.31. The Balaban J connectivity index is 2.74. The van der Waals surface area contributed by atoms with Gasteiger partial charge >= 0.3 is 0 Å². The van der Waals surface area contributed by atoms with Crippen LogP contribution in [-0.4, -0.2) is 24.0 Å². The fraction of sp³-hybridized carbons (Fsp3) is 0.500. The fourth-order valence-electron chi connectivity index (χ4n) is 1.66. The van der Waals surface area contributed by atoms with Crippen molar-refractivity contribution in [3.8, 4) is 0 Å². The van der Waals surface area contributed by atoms with E-state index in [2.05, 4.69) is 30.5 Å². The lowest BCUT2D eigenvalue weighted by atomic mass is 9.94. The van der Waals surface area contributed by atoms with Gasteiger partial charge in [-0.15, -0.1) is 11.8 Å². The Kier molecular flexibility index (Phi) is 5.15. The van der Waals surface area contributed by atoms with E-state index in [4.69, 9.17) is 5.73 Å². The number of thioether (sulfide) groups is 1. The number of benzene rings is 1. The van der Waals surface area contributed by atoms with Crippen LogP contribution >= 0.6 is 11.8 Å². The van der Waals surface area contributed by atoms with Crippen LogP contribution in [0, 0.1) is 0 Å². The first-order valence-electron chi connectivity index (χ1n) is 5.19. The van der Waals surface area contributed by atoms with Crippen molar-refractivity contribution in [2.45, 2.75) is 30.3 Å². The molecule has 2 atom stereocenters. The smallest absolute Gasteiger partial charge is 0.0518 e. The van der Waals surface area contributed by atoms with E-state index >= 15 is 0 Å². The van der Waals surface area contributed by atoms with Gasteiger partial charge < -0.3 is 10.8 Å². The van der Waals surface area contributed by atoms with E-state index in [1.807, 2.05) is 0 Å². The zero-order chi connectivity index (χ0) is 11.3. The summed E-state index contributed by atoms with van der Waals surface area (Å²) >= 11 is 1.73. The Morgan fingerprint density at radius 2 is 1.93 bits per heavy atom. The van der Waals surface area contributed by atoms with Crippen molar-refractivity contribution in [3.63, 3.8) is 0 Å². The Hall–Kier alpha value is -0.510. The molecule has 0 saturated heterocycles. The molecule has 1 aromatic rings. The highest BCUT2D eigenvalue weighted by Crippen LogP contribution is 2.23. The molecule has 2 unspecified atom stereocenters. The number of nitrogens with two attached hydrogens (primary N) is 1. The summed E-state index contributed by atoms with van der Waals surface area (Å²) in [6.45, 7) is 2.39. The minimum absolute atomic E-state index is 0.265. The van der Waals surface area contributed by atoms with Gasteiger partial charge in [0, 0.05) is 4.90 Å². The van der Waals surface area contributed by atoms with Crippen LogP contribution in [0.25, 0.3) is 0 Å². The van der Waals surface area contributed by atoms with E-state index in [-0.39, 0.29) is 12.0 Å². The van der Waals surface area contributed by atoms with Crippen LogP contribution in [0.1, 0.15) is 24.8 Å². The molecule has 0 spiro atoms. The second kappa shape index (κ2) is 6.16. The maximum Gasteiger partial charge on any atom is 0.0518 e. The van der Waals surface area contributed by atoms with Gasteiger partial charge in [0.15, 0.2) is 0 Å². The third-order valence-electron chi connectivity index (χ3n) is 2.50. The summed E-state index contributed by atoms with van der Waals surface area (Å²) in [5, 5.41) is 9.36. The molecular weight excluding hydrogens is 206 g/mol. The van der Waals surface area contributed by atoms with E-state index in [9.17, 15) is 5.11 Å². The molecular formula is C12H19NOS. The van der Waals surface area contributed by atoms with Gasteiger partial charge in [-0.2, -0.15) is 0 Å². The first kappa shape index (κ1) is 12.6. The van der Waals surface area contributed by atoms with E-state index in [0.29, 0.717) is 6.54 Å². The van der Waals surface area contributed by atoms with Gasteiger partial charge in [0.05, 0.1) is 6.10 Å². The second-order valence-corrected chi connectivity index (χ2v) is 4.67. The maximum absolute atomic E-state index is 9.36. The SMILES string of the molecule is CSc1ccc(C(CN)CC(C)O)cc1. The number of aliphatic hydroxyl groups excluding tert-OH is 1. The van der Waals surface area contributed by atoms with Gasteiger partial charge in [-0.1, -0.05) is 12.1 Å². The van der Waals surface area contributed by atoms with Crippen molar-refractivity contribution in [1.29, 1.82) is 0 Å². The monoisotopic (exact) mass is 225 g/mol. The van der Waals surface area contributed by atoms with Gasteiger partial charge in [-0.05, 0) is 49.8 Å². The van der Waals surface area contributed by atoms with Gasteiger partial charge in [0.1, 0.15) is 0 Å². The number of aliphatic hydroxyl groups is 1. The molecule has 0 aliphatic rings. The predicted molar refractivity (Wildman–Crippen MR) is 66.3 cm³/mol. The summed E-state index contributed by atoms with van der Waals surface area (Å²) in [5.74, 6) is 0.265. The third kappa shape index (κ3) is 3.86. The Morgan fingerprint density at radius 1 is 1.33 bits per heavy atom. The minimum atomic E-state index is -0.293. The van der Waals surface area contributed by atoms with E-state index in [1.54, 1.807) is 18.7 Å². The predicted octanol–water partition coefficient (Wildman–Crippen LogP) is 2.22. The fourth-order valence-corrected chi connectivity index (χ4v) is 2.06. The molecule has 3 N–H and O–H groups in total. The summed E-state index contributed by atoms with van der Waals surface area (Å²) in [6.07, 6.45) is 2.50. The van der Waals surface area contributed by atoms with Crippen LogP contribution in [0.4, 0.5) is 0 Å². The standard InChI is InChI=1S/C12H19NOS/c1-9(14)7-11(8-13)10-3-5-12(15-2)6-4-10/h3-6,9,11,14H,7-8,13H2,1-2H3. The van der Waals surface area contributed by atoms with Gasteiger partial charge in [-0.3, -0.25) is 0 Å². The molecule has 0 saturated carbocycles. The number of hydrogen-bond donors (Lipinski definition) is 2. The molecule has 0 heterocycles. The van der Waals surface area contributed by atoms with E-state index in [0.717, 1.165) is 6.42 Å². The average molecular weight is 225 g/mol. The van der Waals surface area contributed by atoms with Crippen LogP contribution < -0.4 is 5.73 Å². The lowest BCUT2D eigenvalue weighted by molar-refractivity contribution is 0.175. The van der Waals surface area contributed by atoms with Gasteiger partial charge in [-0.25, -0.2) is 0 Å². The highest BCUT2D eigenvalue weighted by Gasteiger charge is 2.12. The molecule has 84 valence electrons. The quantitative estimate of drug-likeness (QED) is 0.755. The van der Waals surface area contributed by atoms with Crippen LogP contribution in [0.15, 0.2) is 29.2 Å². The number of hydrogen-bond acceptors (Lipinski definition) is 3. The minimum Gasteiger partial charge on any atom is -0.393 e. The third-order valence-corrected chi connectivity index (χ3v) is 3.24. The van der Waals surface area contributed by atoms with Crippen molar-refractivity contribution in [2.75, 3.05) is 12.8 Å². The van der Waals surface area contributed by atoms with Crippen molar-refractivity contribution < 1.29 is 5.11 Å². The normalized spacial score (nSPS) is 14.9. The lowest BCUT2D eigenvalue weighted by Crippen LogP contribution is -2.17. The van der Waals surface area contributed by atoms with Crippen molar-refractivity contribution in [1.82, 2.24) is 0 Å². The topological polar surface area (TPSA) is 46.2 Å². The highest BCUT2D eigenvalue weighted by atomic mass is 32.2. The second-order valence-electron chi connectivity index (χ2n) is 3.79. The van der Waals surface area contributed by atoms with Crippen LogP contribution in [0.3, 0.4) is 0 Å². The Labute approximate surface area is 95.9 Å². The largest absolute Gasteiger partial charge is 0.393 e. The molecule has 1 rings (SSSR count). The molecule has 15 heavy (non-hydrogen) atoms. The summed E-state index contributed by atoms with van der Waals surface area (Å²) in [6, 6.07) is 8.41. The zero-order valence-corrected chi connectivity index (χ0v) is 10.1. The molecule has 0 radical (unpaired) electrons. The van der Waals surface area contributed by atoms with Gasteiger partial charge in [0.25, 0.3) is 0 Å². The van der Waals surface area contributed by atoms with Gasteiger partial charge in [0.2, 0.25) is 0 Å². The molecule has 2 nitrogen and oxygen atoms in total. The molecule has 1 aromatic carbocycles. The van der Waals surface area contributed by atoms with Crippen molar-refractivity contribution >= 4 is 11.8 Å². The maximum atomic E-state index is 9.36. The Bertz CT molecular complexity index is 284. The summed E-state index contributed by atoms with van der Waals surface area (Å²) in [7, 11) is 0. The van der Waals surface area contributed by atoms with Crippen LogP contribution in [0.5, 0.6) is 0 Å². The first-order chi connectivity index (χ1) is 7.17. The molecule has 0 fully saturated rings. The molecule has 0 bridgehead atoms. The van der Waals surface area contributed by atoms with Crippen LogP contribution in [0.2, 0.25) is 0 Å². The molecule has 0 amide bonds. The van der Waals surface area contributed by atoms with E-state index < -0.39 is 0 Å². The summed E-state index contributed by atoms with van der Waals surface area (Å²) < 4.78 is 0. The van der Waals surface area contributed by atoms with Crippen molar-refractivity contribution in [2.24, 2.45) is 5.73 Å². The first-order valence-corrected chi connectivity index (χ1v) is 6.42. The number of rotatable bonds is 5. The average Bonchev–Trinajstić information content (AvgIpc) is 2.26. The van der Waals surface area contributed by atoms with Crippen LogP contribution in [-0.2, 0) is 0 Å². The molecule has 3 heteroatoms. The van der Waals surface area contributed by atoms with E-state index in [1.165, 1.54) is 10.5 Å². The highest BCUT2D eigenvalue weighted by molar-refractivity contribution is 7.98. The summed E-state index contributed by atoms with van der Waals surface area (Å²) in [5.41, 5.74) is 6.93.